The average Bonchev–Trinajstić information content (AvgIpc) is 2.67. The van der Waals surface area contributed by atoms with Gasteiger partial charge in [-0.05, 0) is 25.2 Å². The molecule has 29 heavy (non-hydrogen) atoms. The van der Waals surface area contributed by atoms with Crippen LogP contribution in [0.5, 0.6) is 0 Å². The Balaban J connectivity index is 3.17. The molecule has 9 heteroatoms. The molecule has 0 radical (unpaired) electrons. The molecule has 0 aromatic carbocycles. The summed E-state index contributed by atoms with van der Waals surface area (Å²) in [6.07, 6.45) is -0.959. The Kier molecular flexibility index (Phi) is 12.1. The van der Waals surface area contributed by atoms with Crippen molar-refractivity contribution >= 4 is 23.4 Å². The number of amides is 2. The van der Waals surface area contributed by atoms with Gasteiger partial charge in [0.15, 0.2) is 0 Å². The summed E-state index contributed by atoms with van der Waals surface area (Å²) in [5.41, 5.74) is 0. The molecule has 0 aliphatic carbocycles. The molecule has 1 saturated heterocycles. The number of rotatable bonds is 4. The molecule has 1 heterocycles. The van der Waals surface area contributed by atoms with Gasteiger partial charge < -0.3 is 29.5 Å². The number of aliphatic hydroxyl groups is 2. The molecular formula is C20H37ClN2O6. The first-order valence-corrected chi connectivity index (χ1v) is 10.8. The van der Waals surface area contributed by atoms with Gasteiger partial charge in [-0.3, -0.25) is 9.59 Å². The zero-order valence-electron chi connectivity index (χ0n) is 18.1. The normalized spacial score (nSPS) is 28.3. The van der Waals surface area contributed by atoms with Crippen molar-refractivity contribution in [3.8, 4) is 0 Å². The summed E-state index contributed by atoms with van der Waals surface area (Å²) in [6.45, 7) is 6.91. The lowest BCUT2D eigenvalue weighted by Gasteiger charge is -2.38. The number of alkyl halides is 1. The standard InChI is InChI=1S/C20H37ClN2O6/c1-14(2)9-16-11-22(15(3)24)12-18(28-4)20(27)17(25)13-29-8-6-5-7-23(16)19(26)10-21/h14,16-18,20,25,27H,5-13H2,1-4H3/t16-,17-,18-,20-/m1/s1. The molecule has 8 nitrogen and oxygen atoms in total. The highest BCUT2D eigenvalue weighted by Gasteiger charge is 2.32. The molecule has 2 amide bonds. The largest absolute Gasteiger partial charge is 0.388 e. The lowest BCUT2D eigenvalue weighted by molar-refractivity contribution is -0.141. The minimum absolute atomic E-state index is 0.0264. The van der Waals surface area contributed by atoms with Gasteiger partial charge >= 0.3 is 0 Å². The van der Waals surface area contributed by atoms with Crippen LogP contribution in [-0.4, -0.2) is 102 Å². The molecular weight excluding hydrogens is 400 g/mol. The summed E-state index contributed by atoms with van der Waals surface area (Å²) in [5.74, 6) is -0.152. The summed E-state index contributed by atoms with van der Waals surface area (Å²) in [4.78, 5) is 28.2. The maximum absolute atomic E-state index is 12.6. The van der Waals surface area contributed by atoms with Gasteiger partial charge in [0.25, 0.3) is 0 Å². The topological polar surface area (TPSA) is 99.5 Å². The zero-order chi connectivity index (χ0) is 22.0. The minimum Gasteiger partial charge on any atom is -0.388 e. The molecule has 4 atom stereocenters. The first-order chi connectivity index (χ1) is 13.7. The van der Waals surface area contributed by atoms with Crippen molar-refractivity contribution in [2.45, 2.75) is 64.4 Å². The quantitative estimate of drug-likeness (QED) is 0.634. The van der Waals surface area contributed by atoms with Crippen molar-refractivity contribution in [1.82, 2.24) is 9.80 Å². The highest BCUT2D eigenvalue weighted by molar-refractivity contribution is 6.27. The summed E-state index contributed by atoms with van der Waals surface area (Å²) in [7, 11) is 1.43. The molecule has 2 N–H and O–H groups in total. The molecule has 0 aromatic rings. The van der Waals surface area contributed by atoms with E-state index in [1.807, 2.05) is 0 Å². The summed E-state index contributed by atoms with van der Waals surface area (Å²) < 4.78 is 10.8. The zero-order valence-corrected chi connectivity index (χ0v) is 18.8. The van der Waals surface area contributed by atoms with Crippen LogP contribution in [0, 0.1) is 5.92 Å². The Hall–Kier alpha value is -0.930. The SMILES string of the molecule is CO[C@@H]1CN(C(C)=O)C[C@@H](CC(C)C)N(C(=O)CCl)CCCCOC[C@@H](O)[C@H]1O. The lowest BCUT2D eigenvalue weighted by Crippen LogP contribution is -2.53. The van der Waals surface area contributed by atoms with E-state index in [9.17, 15) is 19.8 Å². The van der Waals surface area contributed by atoms with Gasteiger partial charge in [0.1, 0.15) is 24.2 Å². The number of aliphatic hydroxyl groups excluding tert-OH is 2. The van der Waals surface area contributed by atoms with Crippen molar-refractivity contribution in [3.63, 3.8) is 0 Å². The third-order valence-electron chi connectivity index (χ3n) is 5.20. The van der Waals surface area contributed by atoms with Crippen molar-refractivity contribution in [2.24, 2.45) is 5.92 Å². The van der Waals surface area contributed by atoms with Crippen LogP contribution < -0.4 is 0 Å². The molecule has 1 fully saturated rings. The Morgan fingerprint density at radius 3 is 2.48 bits per heavy atom. The average molecular weight is 437 g/mol. The van der Waals surface area contributed by atoms with Crippen LogP contribution in [0.15, 0.2) is 0 Å². The van der Waals surface area contributed by atoms with Gasteiger partial charge in [-0.2, -0.15) is 0 Å². The van der Waals surface area contributed by atoms with E-state index < -0.39 is 18.3 Å². The van der Waals surface area contributed by atoms with Gasteiger partial charge in [0.2, 0.25) is 11.8 Å². The summed E-state index contributed by atoms with van der Waals surface area (Å²) in [5, 5.41) is 20.7. The third kappa shape index (κ3) is 8.76. The summed E-state index contributed by atoms with van der Waals surface area (Å²) >= 11 is 5.86. The van der Waals surface area contributed by atoms with Crippen LogP contribution in [0.2, 0.25) is 0 Å². The minimum atomic E-state index is -1.20. The first kappa shape index (κ1) is 26.1. The molecule has 0 spiro atoms. The number of carbonyl (C=O) groups is 2. The second-order valence-electron chi connectivity index (χ2n) is 8.04. The summed E-state index contributed by atoms with van der Waals surface area (Å²) in [6, 6.07) is -0.200. The maximum atomic E-state index is 12.6. The molecule has 1 aliphatic rings. The van der Waals surface area contributed by atoms with Gasteiger partial charge in [0, 0.05) is 46.3 Å². The van der Waals surface area contributed by atoms with Crippen LogP contribution in [-0.2, 0) is 19.1 Å². The molecule has 0 aromatic heterocycles. The van der Waals surface area contributed by atoms with Crippen molar-refractivity contribution in [1.29, 1.82) is 0 Å². The van der Waals surface area contributed by atoms with E-state index in [1.165, 1.54) is 14.0 Å². The van der Waals surface area contributed by atoms with E-state index in [1.54, 1.807) is 9.80 Å². The van der Waals surface area contributed by atoms with Crippen molar-refractivity contribution in [2.75, 3.05) is 45.8 Å². The van der Waals surface area contributed by atoms with Gasteiger partial charge in [-0.25, -0.2) is 0 Å². The van der Waals surface area contributed by atoms with Gasteiger partial charge in [-0.1, -0.05) is 13.8 Å². The first-order valence-electron chi connectivity index (χ1n) is 10.3. The van der Waals surface area contributed by atoms with E-state index in [2.05, 4.69) is 13.8 Å². The van der Waals surface area contributed by atoms with Crippen LogP contribution in [0.1, 0.15) is 40.0 Å². The van der Waals surface area contributed by atoms with E-state index in [0.29, 0.717) is 38.5 Å². The highest BCUT2D eigenvalue weighted by Crippen LogP contribution is 2.18. The Labute approximate surface area is 179 Å². The van der Waals surface area contributed by atoms with E-state index in [-0.39, 0.29) is 36.9 Å². The molecule has 0 unspecified atom stereocenters. The predicted octanol–water partition coefficient (Wildman–Crippen LogP) is 0.864. The second kappa shape index (κ2) is 13.4. The second-order valence-corrected chi connectivity index (χ2v) is 8.31. The van der Waals surface area contributed by atoms with Crippen LogP contribution >= 0.6 is 11.6 Å². The molecule has 0 bridgehead atoms. The fourth-order valence-electron chi connectivity index (χ4n) is 3.59. The predicted molar refractivity (Wildman–Crippen MR) is 111 cm³/mol. The van der Waals surface area contributed by atoms with E-state index in [4.69, 9.17) is 21.1 Å². The van der Waals surface area contributed by atoms with E-state index in [0.717, 1.165) is 6.42 Å². The third-order valence-corrected chi connectivity index (χ3v) is 5.43. The molecule has 0 saturated carbocycles. The fourth-order valence-corrected chi connectivity index (χ4v) is 3.75. The van der Waals surface area contributed by atoms with Crippen molar-refractivity contribution < 1.29 is 29.3 Å². The number of methoxy groups -OCH3 is 1. The number of carbonyl (C=O) groups excluding carboxylic acids is 2. The monoisotopic (exact) mass is 436 g/mol. The lowest BCUT2D eigenvalue weighted by atomic mass is 10.00. The Morgan fingerprint density at radius 2 is 1.93 bits per heavy atom. The number of nitrogens with zero attached hydrogens (tertiary/aromatic N) is 2. The maximum Gasteiger partial charge on any atom is 0.237 e. The molecule has 1 rings (SSSR count). The molecule has 1 aliphatic heterocycles. The fraction of sp³-hybridized carbons (Fsp3) is 0.900. The van der Waals surface area contributed by atoms with E-state index >= 15 is 0 Å². The highest BCUT2D eigenvalue weighted by atomic mass is 35.5. The molecule has 170 valence electrons. The van der Waals surface area contributed by atoms with Crippen LogP contribution in [0.25, 0.3) is 0 Å². The van der Waals surface area contributed by atoms with Gasteiger partial charge in [-0.15, -0.1) is 11.6 Å². The number of hydrogen-bond acceptors (Lipinski definition) is 6. The van der Waals surface area contributed by atoms with Gasteiger partial charge in [0.05, 0.1) is 6.61 Å². The van der Waals surface area contributed by atoms with Crippen LogP contribution in [0.4, 0.5) is 0 Å². The Bertz CT molecular complexity index is 507. The smallest absolute Gasteiger partial charge is 0.237 e. The number of hydrogen-bond donors (Lipinski definition) is 2. The number of halogens is 1. The van der Waals surface area contributed by atoms with Crippen LogP contribution in [0.3, 0.4) is 0 Å². The van der Waals surface area contributed by atoms with Crippen molar-refractivity contribution in [3.05, 3.63) is 0 Å². The Morgan fingerprint density at radius 1 is 1.24 bits per heavy atom. The number of ether oxygens (including phenoxy) is 2.